The summed E-state index contributed by atoms with van der Waals surface area (Å²) in [6.07, 6.45) is 0. The Hall–Kier alpha value is -2.21. The highest BCUT2D eigenvalue weighted by Gasteiger charge is 2.47. The van der Waals surface area contributed by atoms with Crippen molar-refractivity contribution in [1.82, 2.24) is 9.62 Å². The van der Waals surface area contributed by atoms with E-state index in [1.54, 1.807) is 12.1 Å². The molecule has 4 rings (SSSR count). The molecule has 8 nitrogen and oxygen atoms in total. The highest BCUT2D eigenvalue weighted by Crippen LogP contribution is 2.43. The van der Waals surface area contributed by atoms with E-state index >= 15 is 0 Å². The topological polar surface area (TPSA) is 88.2 Å². The molecule has 1 aliphatic heterocycles. The van der Waals surface area contributed by atoms with E-state index in [0.29, 0.717) is 54.2 Å². The maximum absolute atomic E-state index is 13.7. The average Bonchev–Trinajstić information content (AvgIpc) is 3.04. The van der Waals surface area contributed by atoms with Gasteiger partial charge >= 0.3 is 0 Å². The molecule has 3 aromatic rings. The zero-order chi connectivity index (χ0) is 36.5. The van der Waals surface area contributed by atoms with E-state index in [2.05, 4.69) is 76.6 Å². The second-order valence-electron chi connectivity index (χ2n) is 14.4. The van der Waals surface area contributed by atoms with Gasteiger partial charge in [0.1, 0.15) is 11.5 Å². The van der Waals surface area contributed by atoms with Gasteiger partial charge in [-0.15, -0.1) is 0 Å². The van der Waals surface area contributed by atoms with E-state index in [4.69, 9.17) is 44.0 Å². The molecule has 0 atom stereocenters. The van der Waals surface area contributed by atoms with Gasteiger partial charge in [0, 0.05) is 38.1 Å². The number of hydrogen-bond donors (Lipinski definition) is 1. The van der Waals surface area contributed by atoms with Crippen LogP contribution >= 0.6 is 34.8 Å². The van der Waals surface area contributed by atoms with Crippen molar-refractivity contribution in [2.75, 3.05) is 44.7 Å². The summed E-state index contributed by atoms with van der Waals surface area (Å²) in [7, 11) is -4.49. The van der Waals surface area contributed by atoms with Crippen LogP contribution in [0.25, 0.3) is 10.8 Å². The molecule has 0 bridgehead atoms. The molecule has 0 radical (unpaired) electrons. The Morgan fingerprint density at radius 1 is 0.898 bits per heavy atom. The lowest BCUT2D eigenvalue weighted by molar-refractivity contribution is -0.130. The average molecular weight is 771 g/mol. The van der Waals surface area contributed by atoms with Gasteiger partial charge in [-0.05, 0) is 63.3 Å². The highest BCUT2D eigenvalue weighted by atomic mass is 35.6. The third-order valence-electron chi connectivity index (χ3n) is 9.90. The maximum atomic E-state index is 13.7. The number of alkyl halides is 3. The third-order valence-corrected chi connectivity index (χ3v) is 17.8. The van der Waals surface area contributed by atoms with Gasteiger partial charge in [-0.25, -0.2) is 13.1 Å². The van der Waals surface area contributed by atoms with Gasteiger partial charge in [0.15, 0.2) is 0 Å². The van der Waals surface area contributed by atoms with Gasteiger partial charge < -0.3 is 19.0 Å². The fourth-order valence-corrected chi connectivity index (χ4v) is 14.2. The Labute approximate surface area is 308 Å². The van der Waals surface area contributed by atoms with Crippen LogP contribution in [0.4, 0.5) is 5.69 Å². The minimum Gasteiger partial charge on any atom is -0.543 e. The standard InChI is InChI=1S/C36H50Cl3N3O5SSi/c1-24(2)49(25(3)4,26(5)6)47-28-13-15-30-27(21-28)11-10-12-31(30)35(7,8)23-40-48(44,45)29-14-16-33(46-9)32(22-29)41-17-19-42(20-18-41)34(43)36(37,38)39/h10-16,21-22,24-26,40H,17-20,23H2,1-9H3. The van der Waals surface area contributed by atoms with E-state index in [-0.39, 0.29) is 11.4 Å². The number of rotatable bonds is 12. The van der Waals surface area contributed by atoms with Gasteiger partial charge in [-0.2, -0.15) is 0 Å². The van der Waals surface area contributed by atoms with Crippen molar-refractivity contribution < 1.29 is 22.4 Å². The molecule has 270 valence electrons. The Balaban J connectivity index is 1.55. The summed E-state index contributed by atoms with van der Waals surface area (Å²) < 4.78 is 40.8. The zero-order valence-corrected chi connectivity index (χ0v) is 34.0. The first-order chi connectivity index (χ1) is 22.7. The van der Waals surface area contributed by atoms with E-state index in [1.165, 1.54) is 18.1 Å². The lowest BCUT2D eigenvalue weighted by Crippen LogP contribution is -2.51. The van der Waals surface area contributed by atoms with Crippen LogP contribution in [0.15, 0.2) is 59.5 Å². The van der Waals surface area contributed by atoms with E-state index in [1.807, 2.05) is 24.8 Å². The smallest absolute Gasteiger partial charge is 0.274 e. The number of amides is 1. The van der Waals surface area contributed by atoms with Crippen LogP contribution in [0.5, 0.6) is 11.5 Å². The number of anilines is 1. The number of nitrogens with zero attached hydrogens (tertiary/aromatic N) is 2. The second kappa shape index (κ2) is 15.2. The fraction of sp³-hybridized carbons (Fsp3) is 0.528. The number of hydrogen-bond acceptors (Lipinski definition) is 6. The van der Waals surface area contributed by atoms with Crippen LogP contribution in [0, 0.1) is 0 Å². The van der Waals surface area contributed by atoms with Crippen molar-refractivity contribution in [2.24, 2.45) is 0 Å². The van der Waals surface area contributed by atoms with Crippen molar-refractivity contribution in [3.05, 3.63) is 60.2 Å². The monoisotopic (exact) mass is 769 g/mol. The summed E-state index contributed by atoms with van der Waals surface area (Å²) in [5, 5.41) is 2.12. The normalized spacial score (nSPS) is 15.1. The molecular weight excluding hydrogens is 721 g/mol. The van der Waals surface area contributed by atoms with Gasteiger partial charge in [0.25, 0.3) is 18.0 Å². The molecule has 0 aromatic heterocycles. The van der Waals surface area contributed by atoms with Crippen molar-refractivity contribution in [3.63, 3.8) is 0 Å². The van der Waals surface area contributed by atoms with Crippen LogP contribution in [0.3, 0.4) is 0 Å². The summed E-state index contributed by atoms with van der Waals surface area (Å²) in [5.74, 6) is 0.827. The van der Waals surface area contributed by atoms with Gasteiger partial charge in [0.2, 0.25) is 10.0 Å². The van der Waals surface area contributed by atoms with Gasteiger partial charge in [0.05, 0.1) is 17.7 Å². The first kappa shape index (κ1) is 39.6. The summed E-state index contributed by atoms with van der Waals surface area (Å²) in [6, 6.07) is 17.2. The van der Waals surface area contributed by atoms with Crippen LogP contribution in [-0.2, 0) is 20.2 Å². The van der Waals surface area contributed by atoms with Crippen LogP contribution in [0.1, 0.15) is 61.0 Å². The third kappa shape index (κ3) is 8.47. The Kier molecular flexibility index (Phi) is 12.3. The molecule has 1 N–H and O–H groups in total. The number of carbonyl (C=O) groups is 1. The molecule has 0 unspecified atom stereocenters. The molecule has 0 spiro atoms. The number of fused-ring (bicyclic) bond motifs is 1. The number of benzene rings is 3. The molecule has 0 aliphatic carbocycles. The lowest BCUT2D eigenvalue weighted by Gasteiger charge is -2.42. The van der Waals surface area contributed by atoms with Gasteiger partial charge in [-0.1, -0.05) is 114 Å². The number of methoxy groups -OCH3 is 1. The number of carbonyl (C=O) groups excluding carboxylic acids is 1. The summed E-state index contributed by atoms with van der Waals surface area (Å²) in [5.41, 5.74) is 2.48. The Bertz CT molecular complexity index is 1730. The Morgan fingerprint density at radius 3 is 2.06 bits per heavy atom. The predicted octanol–water partition coefficient (Wildman–Crippen LogP) is 8.68. The van der Waals surface area contributed by atoms with Crippen molar-refractivity contribution in [3.8, 4) is 11.5 Å². The molecular formula is C36H50Cl3N3O5SSi. The minimum absolute atomic E-state index is 0.117. The lowest BCUT2D eigenvalue weighted by atomic mass is 9.82. The molecule has 0 saturated carbocycles. The van der Waals surface area contributed by atoms with E-state index in [9.17, 15) is 13.2 Å². The second-order valence-corrected chi connectivity index (χ2v) is 23.9. The van der Waals surface area contributed by atoms with E-state index in [0.717, 1.165) is 22.1 Å². The minimum atomic E-state index is -3.90. The zero-order valence-electron chi connectivity index (χ0n) is 29.9. The Morgan fingerprint density at radius 2 is 1.51 bits per heavy atom. The quantitative estimate of drug-likeness (QED) is 0.147. The summed E-state index contributed by atoms with van der Waals surface area (Å²) >= 11 is 17.4. The number of piperazine rings is 1. The molecule has 1 heterocycles. The fourth-order valence-electron chi connectivity index (χ4n) is 7.34. The molecule has 1 amide bonds. The maximum Gasteiger partial charge on any atom is 0.274 e. The van der Waals surface area contributed by atoms with Crippen LogP contribution in [-0.4, -0.2) is 71.2 Å². The van der Waals surface area contributed by atoms with Crippen LogP contribution in [0.2, 0.25) is 16.6 Å². The molecule has 13 heteroatoms. The van der Waals surface area contributed by atoms with Crippen molar-refractivity contribution in [2.45, 2.75) is 86.1 Å². The largest absolute Gasteiger partial charge is 0.543 e. The number of ether oxygens (including phenoxy) is 1. The number of sulfonamides is 1. The van der Waals surface area contributed by atoms with Crippen LogP contribution < -0.4 is 18.8 Å². The SMILES string of the molecule is COc1ccc(S(=O)(=O)NCC(C)(C)c2cccc3cc(O[Si](C(C)C)(C(C)C)C(C)C)ccc23)cc1N1CCN(C(=O)C(Cl)(Cl)Cl)CC1. The molecule has 3 aromatic carbocycles. The first-order valence-corrected chi connectivity index (χ1v) is 21.5. The molecule has 1 aliphatic rings. The summed E-state index contributed by atoms with van der Waals surface area (Å²) in [4.78, 5) is 16.0. The molecule has 1 fully saturated rings. The number of halogens is 3. The van der Waals surface area contributed by atoms with Crippen molar-refractivity contribution in [1.29, 1.82) is 0 Å². The number of nitrogens with one attached hydrogen (secondary N) is 1. The first-order valence-electron chi connectivity index (χ1n) is 16.8. The van der Waals surface area contributed by atoms with Crippen molar-refractivity contribution >= 4 is 75.5 Å². The predicted molar refractivity (Wildman–Crippen MR) is 206 cm³/mol. The highest BCUT2D eigenvalue weighted by molar-refractivity contribution is 7.89. The molecule has 1 saturated heterocycles. The molecule has 49 heavy (non-hydrogen) atoms. The van der Waals surface area contributed by atoms with E-state index < -0.39 is 33.5 Å². The van der Waals surface area contributed by atoms with Gasteiger partial charge in [-0.3, -0.25) is 4.79 Å². The summed E-state index contributed by atoms with van der Waals surface area (Å²) in [6.45, 7) is 19.4.